The van der Waals surface area contributed by atoms with Gasteiger partial charge in [0.1, 0.15) is 19.0 Å². The predicted molar refractivity (Wildman–Crippen MR) is 114 cm³/mol. The maximum absolute atomic E-state index is 7.09. The summed E-state index contributed by atoms with van der Waals surface area (Å²) >= 11 is 0. The molecule has 0 N–H and O–H groups in total. The first-order valence-corrected chi connectivity index (χ1v) is 11.6. The smallest absolute Gasteiger partial charge is 0.262 e. The van der Waals surface area contributed by atoms with Gasteiger partial charge in [0.05, 0.1) is 12.9 Å². The molecule has 150 valence electrons. The zero-order valence-electron chi connectivity index (χ0n) is 17.1. The molecule has 0 amide bonds. The number of rotatable bonds is 8. The van der Waals surface area contributed by atoms with Crippen molar-refractivity contribution in [3.05, 3.63) is 73.0 Å². The quantitative estimate of drug-likeness (QED) is 0.388. The van der Waals surface area contributed by atoms with Gasteiger partial charge in [-0.05, 0) is 21.5 Å². The van der Waals surface area contributed by atoms with Crippen LogP contribution in [0.25, 0.3) is 0 Å². The molecule has 2 atom stereocenters. The molecule has 0 aromatic heterocycles. The van der Waals surface area contributed by atoms with Crippen LogP contribution in [0.4, 0.5) is 0 Å². The van der Waals surface area contributed by atoms with Crippen LogP contribution >= 0.6 is 0 Å². The van der Waals surface area contributed by atoms with Gasteiger partial charge in [-0.1, -0.05) is 81.4 Å². The normalized spacial score (nSPS) is 19.6. The van der Waals surface area contributed by atoms with Crippen molar-refractivity contribution < 1.29 is 18.6 Å². The third-order valence-corrected chi connectivity index (χ3v) is 10.1. The highest BCUT2D eigenvalue weighted by Crippen LogP contribution is 2.38. The van der Waals surface area contributed by atoms with Crippen molar-refractivity contribution in [2.24, 2.45) is 0 Å². The molecule has 0 saturated heterocycles. The van der Waals surface area contributed by atoms with Crippen LogP contribution in [-0.4, -0.2) is 41.0 Å². The van der Waals surface area contributed by atoms with E-state index in [0.717, 1.165) is 0 Å². The van der Waals surface area contributed by atoms with Crippen LogP contribution < -0.4 is 10.4 Å². The molecule has 0 radical (unpaired) electrons. The Balaban J connectivity index is 2.03. The minimum atomic E-state index is -2.62. The Morgan fingerprint density at radius 2 is 1.50 bits per heavy atom. The molecule has 1 aliphatic heterocycles. The first-order chi connectivity index (χ1) is 13.5. The molecular weight excluding hydrogens is 368 g/mol. The van der Waals surface area contributed by atoms with Gasteiger partial charge >= 0.3 is 0 Å². The van der Waals surface area contributed by atoms with Gasteiger partial charge in [-0.2, -0.15) is 0 Å². The molecule has 1 heterocycles. The molecule has 0 aliphatic carbocycles. The third-order valence-electron chi connectivity index (χ3n) is 5.10. The van der Waals surface area contributed by atoms with E-state index in [1.54, 1.807) is 13.4 Å². The number of ether oxygens (including phenoxy) is 3. The van der Waals surface area contributed by atoms with Gasteiger partial charge < -0.3 is 18.6 Å². The van der Waals surface area contributed by atoms with Crippen molar-refractivity contribution in [1.29, 1.82) is 0 Å². The molecule has 28 heavy (non-hydrogen) atoms. The highest BCUT2D eigenvalue weighted by molar-refractivity contribution is 6.99. The maximum Gasteiger partial charge on any atom is 0.262 e. The number of benzene rings is 2. The molecule has 0 unspecified atom stereocenters. The lowest BCUT2D eigenvalue weighted by Gasteiger charge is -2.45. The van der Waals surface area contributed by atoms with Gasteiger partial charge in [0.2, 0.25) is 0 Å². The predicted octanol–water partition coefficient (Wildman–Crippen LogP) is 3.46. The fourth-order valence-electron chi connectivity index (χ4n) is 3.82. The average molecular weight is 399 g/mol. The number of hydrogen-bond acceptors (Lipinski definition) is 4. The van der Waals surface area contributed by atoms with Crippen molar-refractivity contribution in [3.63, 3.8) is 0 Å². The Labute approximate surface area is 169 Å². The van der Waals surface area contributed by atoms with Crippen molar-refractivity contribution in [2.75, 3.05) is 20.5 Å². The summed E-state index contributed by atoms with van der Waals surface area (Å²) < 4.78 is 23.4. The van der Waals surface area contributed by atoms with Crippen molar-refractivity contribution in [1.82, 2.24) is 0 Å². The summed E-state index contributed by atoms with van der Waals surface area (Å²) in [4.78, 5) is 0. The van der Waals surface area contributed by atoms with Crippen LogP contribution in [0.2, 0.25) is 5.04 Å². The molecular formula is C23H30O4Si. The zero-order chi connectivity index (χ0) is 20.0. The van der Waals surface area contributed by atoms with Crippen molar-refractivity contribution >= 4 is 18.7 Å². The molecule has 0 bridgehead atoms. The summed E-state index contributed by atoms with van der Waals surface area (Å²) in [5, 5.41) is 2.43. The van der Waals surface area contributed by atoms with Crippen LogP contribution in [0.3, 0.4) is 0 Å². The Morgan fingerprint density at radius 3 is 2.00 bits per heavy atom. The Bertz CT molecular complexity index is 716. The molecule has 1 aliphatic rings. The van der Waals surface area contributed by atoms with Gasteiger partial charge in [0.15, 0.2) is 0 Å². The van der Waals surface area contributed by atoms with E-state index >= 15 is 0 Å². The van der Waals surface area contributed by atoms with Gasteiger partial charge in [0, 0.05) is 7.11 Å². The van der Waals surface area contributed by atoms with Crippen LogP contribution in [0.5, 0.6) is 0 Å². The monoisotopic (exact) mass is 398 g/mol. The van der Waals surface area contributed by atoms with E-state index in [1.165, 1.54) is 10.4 Å². The minimum absolute atomic E-state index is 0.0793. The number of methoxy groups -OCH3 is 1. The molecule has 4 nitrogen and oxygen atoms in total. The van der Waals surface area contributed by atoms with Gasteiger partial charge in [-0.3, -0.25) is 0 Å². The molecule has 0 fully saturated rings. The molecule has 2 aromatic rings. The number of hydrogen-bond donors (Lipinski definition) is 0. The average Bonchev–Trinajstić information content (AvgIpc) is 3.13. The van der Waals surface area contributed by atoms with Crippen LogP contribution in [0.15, 0.2) is 73.0 Å². The standard InChI is InChI=1S/C23H30O4Si/c1-23(2,3)28(19-11-7-5-8-12-19,20-13-9-6-10-14-20)27-21-15-16-26-22(21)17-25-18-24-4/h5-16,21-22H,17-18H2,1-4H3/t21-,22+/m0/s1. The summed E-state index contributed by atoms with van der Waals surface area (Å²) in [6, 6.07) is 21.3. The SMILES string of the molecule is COCOC[C@H]1OC=C[C@@H]1O[Si](c1ccccc1)(c1ccccc1)C(C)(C)C. The van der Waals surface area contributed by atoms with E-state index in [2.05, 4.69) is 81.4 Å². The van der Waals surface area contributed by atoms with Crippen molar-refractivity contribution in [3.8, 4) is 0 Å². The first kappa shape index (κ1) is 20.8. The first-order valence-electron chi connectivity index (χ1n) is 9.67. The highest BCUT2D eigenvalue weighted by Gasteiger charge is 2.52. The topological polar surface area (TPSA) is 36.9 Å². The Morgan fingerprint density at radius 1 is 0.929 bits per heavy atom. The lowest BCUT2D eigenvalue weighted by Crippen LogP contribution is -2.68. The Hall–Kier alpha value is -1.92. The van der Waals surface area contributed by atoms with E-state index < -0.39 is 8.32 Å². The fourth-order valence-corrected chi connectivity index (χ4v) is 8.47. The van der Waals surface area contributed by atoms with Gasteiger partial charge in [-0.15, -0.1) is 0 Å². The van der Waals surface area contributed by atoms with Gasteiger partial charge in [-0.25, -0.2) is 0 Å². The molecule has 5 heteroatoms. The van der Waals surface area contributed by atoms with Crippen LogP contribution in [-0.2, 0) is 18.6 Å². The lowest BCUT2D eigenvalue weighted by molar-refractivity contribution is -0.0746. The van der Waals surface area contributed by atoms with E-state index in [-0.39, 0.29) is 24.0 Å². The highest BCUT2D eigenvalue weighted by atomic mass is 28.4. The molecule has 0 saturated carbocycles. The van der Waals surface area contributed by atoms with E-state index in [4.69, 9.17) is 18.6 Å². The fraction of sp³-hybridized carbons (Fsp3) is 0.391. The second-order valence-electron chi connectivity index (χ2n) is 8.03. The lowest BCUT2D eigenvalue weighted by atomic mass is 10.2. The molecule has 2 aromatic carbocycles. The summed E-state index contributed by atoms with van der Waals surface area (Å²) in [5.41, 5.74) is 0. The van der Waals surface area contributed by atoms with Crippen LogP contribution in [0, 0.1) is 0 Å². The van der Waals surface area contributed by atoms with Gasteiger partial charge in [0.25, 0.3) is 8.32 Å². The second-order valence-corrected chi connectivity index (χ2v) is 12.3. The third kappa shape index (κ3) is 4.23. The maximum atomic E-state index is 7.09. The van der Waals surface area contributed by atoms with E-state index in [1.807, 2.05) is 6.08 Å². The van der Waals surface area contributed by atoms with Crippen molar-refractivity contribution in [2.45, 2.75) is 38.0 Å². The summed E-state index contributed by atoms with van der Waals surface area (Å²) in [7, 11) is -1.01. The minimum Gasteiger partial charge on any atom is -0.493 e. The summed E-state index contributed by atoms with van der Waals surface area (Å²) in [6.45, 7) is 7.48. The van der Waals surface area contributed by atoms with E-state index in [0.29, 0.717) is 6.61 Å². The zero-order valence-corrected chi connectivity index (χ0v) is 18.1. The van der Waals surface area contributed by atoms with Crippen LogP contribution in [0.1, 0.15) is 20.8 Å². The van der Waals surface area contributed by atoms with E-state index in [9.17, 15) is 0 Å². The summed E-state index contributed by atoms with van der Waals surface area (Å²) in [5.74, 6) is 0. The largest absolute Gasteiger partial charge is 0.493 e. The Kier molecular flexibility index (Phi) is 6.72. The molecule has 3 rings (SSSR count). The second kappa shape index (κ2) is 9.05. The molecule has 0 spiro atoms. The summed E-state index contributed by atoms with van der Waals surface area (Å²) in [6.07, 6.45) is 3.36.